The summed E-state index contributed by atoms with van der Waals surface area (Å²) in [7, 11) is 1.59. The van der Waals surface area contributed by atoms with Gasteiger partial charge in [-0.25, -0.2) is 4.98 Å². The maximum absolute atomic E-state index is 12.8. The minimum atomic E-state index is -2.66. The number of imidazole rings is 1. The number of halogens is 2. The average Bonchev–Trinajstić information content (AvgIpc) is 3.07. The Morgan fingerprint density at radius 2 is 2.00 bits per heavy atom. The lowest BCUT2D eigenvalue weighted by molar-refractivity contribution is -0.127. The maximum atomic E-state index is 12.8. The van der Waals surface area contributed by atoms with Crippen LogP contribution in [0, 0.1) is 0 Å². The van der Waals surface area contributed by atoms with Crippen molar-refractivity contribution in [1.29, 1.82) is 0 Å². The van der Waals surface area contributed by atoms with Gasteiger partial charge in [0.2, 0.25) is 5.91 Å². The summed E-state index contributed by atoms with van der Waals surface area (Å²) < 4.78 is 26.4. The van der Waals surface area contributed by atoms with E-state index < -0.39 is 6.55 Å². The molecular weight excluding hydrogens is 344 g/mol. The molecule has 0 radical (unpaired) electrons. The van der Waals surface area contributed by atoms with Gasteiger partial charge in [0.1, 0.15) is 5.82 Å². The summed E-state index contributed by atoms with van der Waals surface area (Å²) in [5.41, 5.74) is 0. The number of amides is 1. The molecule has 4 nitrogen and oxygen atoms in total. The zero-order valence-corrected chi connectivity index (χ0v) is 14.4. The number of thioether (sulfide) groups is 1. The molecule has 0 unspecified atom stereocenters. The molecule has 0 aliphatic carbocycles. The number of benzene rings is 2. The first-order valence-corrected chi connectivity index (χ1v) is 8.68. The van der Waals surface area contributed by atoms with Crippen LogP contribution < -0.4 is 0 Å². The van der Waals surface area contributed by atoms with E-state index in [1.165, 1.54) is 29.1 Å². The van der Waals surface area contributed by atoms with E-state index >= 15 is 0 Å². The fourth-order valence-corrected chi connectivity index (χ4v) is 3.34. The highest BCUT2D eigenvalue weighted by atomic mass is 32.2. The Bertz CT molecular complexity index is 881. The lowest BCUT2D eigenvalue weighted by atomic mass is 10.1. The number of carbonyl (C=O) groups is 1. The molecule has 25 heavy (non-hydrogen) atoms. The van der Waals surface area contributed by atoms with Crippen molar-refractivity contribution in [3.63, 3.8) is 0 Å². The molecule has 0 saturated carbocycles. The summed E-state index contributed by atoms with van der Waals surface area (Å²) in [5, 5.41) is 2.27. The van der Waals surface area contributed by atoms with Crippen molar-refractivity contribution < 1.29 is 13.6 Å². The molecule has 0 fully saturated rings. The molecule has 0 bridgehead atoms. The van der Waals surface area contributed by atoms with Crippen molar-refractivity contribution in [3.05, 3.63) is 60.7 Å². The molecule has 0 atom stereocenters. The predicted octanol–water partition coefficient (Wildman–Crippen LogP) is 4.18. The summed E-state index contributed by atoms with van der Waals surface area (Å²) in [6.07, 6.45) is 2.52. The Labute approximate surface area is 148 Å². The van der Waals surface area contributed by atoms with E-state index in [1.54, 1.807) is 7.05 Å². The first-order chi connectivity index (χ1) is 12.0. The van der Waals surface area contributed by atoms with E-state index in [2.05, 4.69) is 4.98 Å². The Morgan fingerprint density at radius 1 is 1.24 bits per heavy atom. The molecule has 3 aromatic rings. The first-order valence-electron chi connectivity index (χ1n) is 7.70. The van der Waals surface area contributed by atoms with Crippen LogP contribution in [0.4, 0.5) is 8.78 Å². The summed E-state index contributed by atoms with van der Waals surface area (Å²) in [5.74, 6) is 0.271. The van der Waals surface area contributed by atoms with Gasteiger partial charge in [-0.05, 0) is 22.9 Å². The summed E-state index contributed by atoms with van der Waals surface area (Å²) in [4.78, 5) is 18.6. The zero-order valence-electron chi connectivity index (χ0n) is 13.6. The van der Waals surface area contributed by atoms with E-state index in [0.717, 1.165) is 20.2 Å². The lowest BCUT2D eigenvalue weighted by Crippen LogP contribution is -2.29. The molecule has 130 valence electrons. The van der Waals surface area contributed by atoms with Crippen LogP contribution in [-0.2, 0) is 11.3 Å². The number of alkyl halides is 2. The highest BCUT2D eigenvalue weighted by Crippen LogP contribution is 2.24. The molecule has 3 rings (SSSR count). The molecule has 0 N–H and O–H groups in total. The number of hydrogen-bond donors (Lipinski definition) is 0. The van der Waals surface area contributed by atoms with Gasteiger partial charge in [-0.3, -0.25) is 9.36 Å². The van der Waals surface area contributed by atoms with Crippen LogP contribution in [0.2, 0.25) is 0 Å². The Kier molecular flexibility index (Phi) is 5.33. The van der Waals surface area contributed by atoms with Gasteiger partial charge in [0.15, 0.2) is 0 Å². The van der Waals surface area contributed by atoms with E-state index in [0.29, 0.717) is 0 Å². The fraction of sp³-hybridized carbons (Fsp3) is 0.222. The van der Waals surface area contributed by atoms with Crippen LogP contribution in [-0.4, -0.2) is 33.2 Å². The van der Waals surface area contributed by atoms with E-state index in [1.807, 2.05) is 42.5 Å². The van der Waals surface area contributed by atoms with Crippen molar-refractivity contribution in [2.75, 3.05) is 12.8 Å². The highest BCUT2D eigenvalue weighted by molar-refractivity contribution is 8.00. The molecule has 0 saturated heterocycles. The second-order valence-corrected chi connectivity index (χ2v) is 6.62. The molecule has 0 aliphatic heterocycles. The number of fused-ring (bicyclic) bond motifs is 1. The molecule has 0 spiro atoms. The molecule has 7 heteroatoms. The minimum absolute atomic E-state index is 0.0501. The summed E-state index contributed by atoms with van der Waals surface area (Å²) in [6.45, 7) is -2.61. The van der Waals surface area contributed by atoms with Crippen LogP contribution in [0.1, 0.15) is 12.4 Å². The Balaban J connectivity index is 1.60. The highest BCUT2D eigenvalue weighted by Gasteiger charge is 2.16. The van der Waals surface area contributed by atoms with Gasteiger partial charge in [0.05, 0.1) is 12.3 Å². The molecule has 1 heterocycles. The van der Waals surface area contributed by atoms with E-state index in [4.69, 9.17) is 0 Å². The van der Waals surface area contributed by atoms with Crippen molar-refractivity contribution in [1.82, 2.24) is 14.5 Å². The number of aromatic nitrogens is 2. The van der Waals surface area contributed by atoms with Gasteiger partial charge in [-0.15, -0.1) is 11.8 Å². The van der Waals surface area contributed by atoms with Gasteiger partial charge in [-0.2, -0.15) is 8.78 Å². The van der Waals surface area contributed by atoms with Gasteiger partial charge in [0.25, 0.3) is 0 Å². The van der Waals surface area contributed by atoms with Gasteiger partial charge >= 0.3 is 6.55 Å². The van der Waals surface area contributed by atoms with Crippen molar-refractivity contribution >= 4 is 28.4 Å². The van der Waals surface area contributed by atoms with Crippen LogP contribution in [0.25, 0.3) is 10.8 Å². The predicted molar refractivity (Wildman–Crippen MR) is 94.6 cm³/mol. The van der Waals surface area contributed by atoms with E-state index in [-0.39, 0.29) is 24.0 Å². The van der Waals surface area contributed by atoms with Crippen molar-refractivity contribution in [2.24, 2.45) is 0 Å². The number of hydrogen-bond acceptors (Lipinski definition) is 3. The number of rotatable bonds is 6. The Hall–Kier alpha value is -2.41. The SMILES string of the molecule is CN(Cc1nccn1C(F)F)C(=O)CSc1ccc2ccccc2c1. The average molecular weight is 361 g/mol. The van der Waals surface area contributed by atoms with Crippen molar-refractivity contribution in [2.45, 2.75) is 18.0 Å². The Morgan fingerprint density at radius 3 is 2.76 bits per heavy atom. The normalized spacial score (nSPS) is 11.2. The van der Waals surface area contributed by atoms with Gasteiger partial charge in [0, 0.05) is 24.3 Å². The molecular formula is C18H17F2N3OS. The molecule has 1 amide bonds. The smallest absolute Gasteiger partial charge is 0.319 e. The quantitative estimate of drug-likeness (QED) is 0.618. The summed E-state index contributed by atoms with van der Waals surface area (Å²) in [6, 6.07) is 14.1. The van der Waals surface area contributed by atoms with Crippen LogP contribution in [0.5, 0.6) is 0 Å². The third-order valence-electron chi connectivity index (χ3n) is 3.85. The van der Waals surface area contributed by atoms with Crippen LogP contribution >= 0.6 is 11.8 Å². The third-order valence-corrected chi connectivity index (χ3v) is 4.83. The second kappa shape index (κ2) is 7.65. The largest absolute Gasteiger partial charge is 0.338 e. The van der Waals surface area contributed by atoms with Crippen LogP contribution in [0.15, 0.2) is 59.8 Å². The standard InChI is InChI=1S/C18H17F2N3OS/c1-22(11-16-21-8-9-23(16)18(19)20)17(24)12-25-15-7-6-13-4-2-3-5-14(13)10-15/h2-10,18H,11-12H2,1H3. The molecule has 0 aliphatic rings. The summed E-state index contributed by atoms with van der Waals surface area (Å²) >= 11 is 1.43. The maximum Gasteiger partial charge on any atom is 0.319 e. The molecule has 2 aromatic carbocycles. The topological polar surface area (TPSA) is 38.1 Å². The lowest BCUT2D eigenvalue weighted by Gasteiger charge is -2.17. The van der Waals surface area contributed by atoms with Gasteiger partial charge < -0.3 is 4.90 Å². The van der Waals surface area contributed by atoms with Crippen LogP contribution in [0.3, 0.4) is 0 Å². The molecule has 1 aromatic heterocycles. The third kappa shape index (κ3) is 4.17. The van der Waals surface area contributed by atoms with Gasteiger partial charge in [-0.1, -0.05) is 30.3 Å². The monoisotopic (exact) mass is 361 g/mol. The zero-order chi connectivity index (χ0) is 17.8. The second-order valence-electron chi connectivity index (χ2n) is 5.58. The fourth-order valence-electron chi connectivity index (χ4n) is 2.46. The van der Waals surface area contributed by atoms with E-state index in [9.17, 15) is 13.6 Å². The number of nitrogens with zero attached hydrogens (tertiary/aromatic N) is 3. The van der Waals surface area contributed by atoms with Crippen molar-refractivity contribution in [3.8, 4) is 0 Å². The number of carbonyl (C=O) groups excluding carboxylic acids is 1. The first kappa shape index (κ1) is 17.4. The minimum Gasteiger partial charge on any atom is -0.338 e.